The number of benzene rings is 2. The van der Waals surface area contributed by atoms with Crippen molar-refractivity contribution in [1.82, 2.24) is 4.98 Å². The summed E-state index contributed by atoms with van der Waals surface area (Å²) in [4.78, 5) is 18.8. The van der Waals surface area contributed by atoms with Gasteiger partial charge in [0, 0.05) is 23.7 Å². The Morgan fingerprint density at radius 2 is 1.76 bits per heavy atom. The van der Waals surface area contributed by atoms with Crippen LogP contribution in [0.1, 0.15) is 23.7 Å². The lowest BCUT2D eigenvalue weighted by Gasteiger charge is -2.17. The van der Waals surface area contributed by atoms with Gasteiger partial charge in [-0.05, 0) is 31.0 Å². The first kappa shape index (κ1) is 17.4. The fourth-order valence-corrected chi connectivity index (χ4v) is 3.42. The van der Waals surface area contributed by atoms with Crippen molar-refractivity contribution >= 4 is 22.9 Å². The minimum absolute atomic E-state index is 0.0435. The number of likely N-dealkylation sites (N-methyl/N-ethyl adjacent to an activating group) is 1. The summed E-state index contributed by atoms with van der Waals surface area (Å²) in [5, 5.41) is 2.94. The fraction of sp³-hybridized carbons (Fsp3) is 0.238. The Balaban J connectivity index is 1.69. The number of aryl methyl sites for hydroxylation is 2. The van der Waals surface area contributed by atoms with Crippen LogP contribution < -0.4 is 4.90 Å². The SMILES string of the molecule is CCc1ccc(-c2nc(CC(=O)N(C)c3ccc(C)cc3)cs2)cc1. The molecule has 0 spiro atoms. The molecule has 0 saturated carbocycles. The van der Waals surface area contributed by atoms with Gasteiger partial charge in [-0.25, -0.2) is 4.98 Å². The molecule has 1 aromatic heterocycles. The first-order valence-corrected chi connectivity index (χ1v) is 9.31. The lowest BCUT2D eigenvalue weighted by molar-refractivity contribution is -0.117. The van der Waals surface area contributed by atoms with Crippen molar-refractivity contribution < 1.29 is 4.79 Å². The number of hydrogen-bond donors (Lipinski definition) is 0. The number of thiazole rings is 1. The Labute approximate surface area is 153 Å². The molecule has 0 aliphatic carbocycles. The average Bonchev–Trinajstić information content (AvgIpc) is 3.10. The molecule has 3 rings (SSSR count). The molecular weight excluding hydrogens is 328 g/mol. The third-order valence-corrected chi connectivity index (χ3v) is 5.23. The lowest BCUT2D eigenvalue weighted by Crippen LogP contribution is -2.27. The molecule has 3 nitrogen and oxygen atoms in total. The number of hydrogen-bond acceptors (Lipinski definition) is 3. The van der Waals surface area contributed by atoms with Gasteiger partial charge < -0.3 is 4.90 Å². The van der Waals surface area contributed by atoms with Crippen LogP contribution in [0.25, 0.3) is 10.6 Å². The van der Waals surface area contributed by atoms with E-state index < -0.39 is 0 Å². The van der Waals surface area contributed by atoms with Gasteiger partial charge >= 0.3 is 0 Å². The molecule has 0 saturated heterocycles. The Hall–Kier alpha value is -2.46. The number of anilines is 1. The van der Waals surface area contributed by atoms with Crippen molar-refractivity contribution in [1.29, 1.82) is 0 Å². The van der Waals surface area contributed by atoms with E-state index in [0.29, 0.717) is 6.42 Å². The monoisotopic (exact) mass is 350 g/mol. The van der Waals surface area contributed by atoms with Crippen LogP contribution in [0, 0.1) is 6.92 Å². The minimum Gasteiger partial charge on any atom is -0.315 e. The van der Waals surface area contributed by atoms with Crippen molar-refractivity contribution in [3.05, 3.63) is 70.7 Å². The molecule has 128 valence electrons. The van der Waals surface area contributed by atoms with Gasteiger partial charge in [0.15, 0.2) is 0 Å². The number of rotatable bonds is 5. The first-order chi connectivity index (χ1) is 12.1. The van der Waals surface area contributed by atoms with E-state index in [1.54, 1.807) is 16.2 Å². The maximum absolute atomic E-state index is 12.5. The molecular formula is C21H22N2OS. The summed E-state index contributed by atoms with van der Waals surface area (Å²) in [6, 6.07) is 16.4. The quantitative estimate of drug-likeness (QED) is 0.656. The highest BCUT2D eigenvalue weighted by molar-refractivity contribution is 7.13. The molecule has 1 heterocycles. The second-order valence-corrected chi connectivity index (χ2v) is 7.02. The molecule has 0 radical (unpaired) electrons. The number of aromatic nitrogens is 1. The third-order valence-electron chi connectivity index (χ3n) is 4.29. The number of carbonyl (C=O) groups excluding carboxylic acids is 1. The highest BCUT2D eigenvalue weighted by Crippen LogP contribution is 2.25. The first-order valence-electron chi connectivity index (χ1n) is 8.43. The largest absolute Gasteiger partial charge is 0.315 e. The minimum atomic E-state index is 0.0435. The fourth-order valence-electron chi connectivity index (χ4n) is 2.59. The zero-order chi connectivity index (χ0) is 17.8. The summed E-state index contributed by atoms with van der Waals surface area (Å²) in [7, 11) is 1.81. The van der Waals surface area contributed by atoms with Gasteiger partial charge in [0.2, 0.25) is 5.91 Å². The zero-order valence-corrected chi connectivity index (χ0v) is 15.6. The predicted molar refractivity (Wildman–Crippen MR) is 105 cm³/mol. The smallest absolute Gasteiger partial charge is 0.232 e. The summed E-state index contributed by atoms with van der Waals surface area (Å²) in [6.07, 6.45) is 1.34. The highest BCUT2D eigenvalue weighted by atomic mass is 32.1. The van der Waals surface area contributed by atoms with Crippen LogP contribution in [0.2, 0.25) is 0 Å². The average molecular weight is 350 g/mol. The van der Waals surface area contributed by atoms with E-state index in [1.807, 2.05) is 43.6 Å². The summed E-state index contributed by atoms with van der Waals surface area (Å²) in [5.41, 5.74) is 5.33. The summed E-state index contributed by atoms with van der Waals surface area (Å²) >= 11 is 1.59. The molecule has 0 aliphatic rings. The second kappa shape index (κ2) is 7.62. The molecule has 0 atom stereocenters. The Bertz CT molecular complexity index is 850. The van der Waals surface area contributed by atoms with E-state index in [4.69, 9.17) is 0 Å². The number of carbonyl (C=O) groups is 1. The van der Waals surface area contributed by atoms with Crippen molar-refractivity contribution in [3.8, 4) is 10.6 Å². The molecule has 2 aromatic carbocycles. The maximum Gasteiger partial charge on any atom is 0.232 e. The van der Waals surface area contributed by atoms with Crippen molar-refractivity contribution in [2.24, 2.45) is 0 Å². The number of nitrogens with zero attached hydrogens (tertiary/aromatic N) is 2. The van der Waals surface area contributed by atoms with Gasteiger partial charge in [-0.2, -0.15) is 0 Å². The van der Waals surface area contributed by atoms with Crippen molar-refractivity contribution in [2.45, 2.75) is 26.7 Å². The van der Waals surface area contributed by atoms with Crippen LogP contribution in [0.5, 0.6) is 0 Å². The van der Waals surface area contributed by atoms with E-state index in [0.717, 1.165) is 28.4 Å². The van der Waals surface area contributed by atoms with Crippen LogP contribution in [-0.4, -0.2) is 17.9 Å². The van der Waals surface area contributed by atoms with Crippen LogP contribution >= 0.6 is 11.3 Å². The summed E-state index contributed by atoms with van der Waals surface area (Å²) in [6.45, 7) is 4.18. The summed E-state index contributed by atoms with van der Waals surface area (Å²) in [5.74, 6) is 0.0435. The topological polar surface area (TPSA) is 33.2 Å². The Morgan fingerprint density at radius 1 is 1.08 bits per heavy atom. The molecule has 4 heteroatoms. The second-order valence-electron chi connectivity index (χ2n) is 6.16. The van der Waals surface area contributed by atoms with Crippen LogP contribution in [0.15, 0.2) is 53.9 Å². The molecule has 3 aromatic rings. The van der Waals surface area contributed by atoms with E-state index in [1.165, 1.54) is 11.1 Å². The van der Waals surface area contributed by atoms with E-state index >= 15 is 0 Å². The lowest BCUT2D eigenvalue weighted by atomic mass is 10.1. The van der Waals surface area contributed by atoms with Crippen LogP contribution in [0.3, 0.4) is 0 Å². The predicted octanol–water partition coefficient (Wildman–Crippen LogP) is 4.89. The Morgan fingerprint density at radius 3 is 2.40 bits per heavy atom. The molecule has 0 aliphatic heterocycles. The van der Waals surface area contributed by atoms with Gasteiger partial charge in [0.1, 0.15) is 5.01 Å². The zero-order valence-electron chi connectivity index (χ0n) is 14.8. The van der Waals surface area contributed by atoms with Crippen molar-refractivity contribution in [2.75, 3.05) is 11.9 Å². The van der Waals surface area contributed by atoms with E-state index in [9.17, 15) is 4.79 Å². The van der Waals surface area contributed by atoms with E-state index in [-0.39, 0.29) is 5.91 Å². The molecule has 25 heavy (non-hydrogen) atoms. The van der Waals surface area contributed by atoms with Crippen LogP contribution in [0.4, 0.5) is 5.69 Å². The summed E-state index contributed by atoms with van der Waals surface area (Å²) < 4.78 is 0. The number of amides is 1. The molecule has 0 N–H and O–H groups in total. The van der Waals surface area contributed by atoms with Gasteiger partial charge in [-0.3, -0.25) is 4.79 Å². The molecule has 1 amide bonds. The maximum atomic E-state index is 12.5. The third kappa shape index (κ3) is 4.15. The standard InChI is InChI=1S/C21H22N2OS/c1-4-16-7-9-17(10-8-16)21-22-18(14-25-21)13-20(24)23(3)19-11-5-15(2)6-12-19/h5-12,14H,4,13H2,1-3H3. The Kier molecular flexibility index (Phi) is 5.29. The van der Waals surface area contributed by atoms with E-state index in [2.05, 4.69) is 36.2 Å². The molecule has 0 bridgehead atoms. The van der Waals surface area contributed by atoms with Gasteiger partial charge in [-0.1, -0.05) is 48.9 Å². The molecule has 0 unspecified atom stereocenters. The van der Waals surface area contributed by atoms with Gasteiger partial charge in [0.25, 0.3) is 0 Å². The van der Waals surface area contributed by atoms with Crippen molar-refractivity contribution in [3.63, 3.8) is 0 Å². The van der Waals surface area contributed by atoms with Crippen LogP contribution in [-0.2, 0) is 17.6 Å². The normalized spacial score (nSPS) is 10.7. The highest BCUT2D eigenvalue weighted by Gasteiger charge is 2.14. The van der Waals surface area contributed by atoms with Gasteiger partial charge in [0.05, 0.1) is 12.1 Å². The van der Waals surface area contributed by atoms with Gasteiger partial charge in [-0.15, -0.1) is 11.3 Å². The molecule has 0 fully saturated rings.